The van der Waals surface area contributed by atoms with E-state index in [1.165, 1.54) is 25.2 Å². The topological polar surface area (TPSA) is 119 Å². The average Bonchev–Trinajstić information content (AvgIpc) is 3.06. The molecular weight excluding hydrogens is 382 g/mol. The van der Waals surface area contributed by atoms with Gasteiger partial charge in [-0.05, 0) is 17.7 Å². The Labute approximate surface area is 167 Å². The van der Waals surface area contributed by atoms with E-state index in [0.717, 1.165) is 11.3 Å². The molecule has 1 aromatic heterocycles. The summed E-state index contributed by atoms with van der Waals surface area (Å²) in [6.45, 7) is 4.21. The number of nitrogens with zero attached hydrogens (tertiary/aromatic N) is 3. The van der Waals surface area contributed by atoms with Gasteiger partial charge in [0.25, 0.3) is 0 Å². The van der Waals surface area contributed by atoms with Crippen molar-refractivity contribution in [1.29, 1.82) is 0 Å². The SMILES string of the molecule is CC(=O)OCCN(CCOC(C)=O)c1ccc(C=NNc2nc(N)cs2)cc1. The van der Waals surface area contributed by atoms with Crippen LogP contribution in [0.15, 0.2) is 34.7 Å². The molecule has 0 saturated carbocycles. The lowest BCUT2D eigenvalue weighted by Crippen LogP contribution is -2.31. The van der Waals surface area contributed by atoms with Crippen LogP contribution in [0.3, 0.4) is 0 Å². The Balaban J connectivity index is 1.95. The number of carbonyl (C=O) groups is 2. The second-order valence-corrected chi connectivity index (χ2v) is 6.56. The number of aromatic nitrogens is 1. The number of rotatable bonds is 10. The maximum atomic E-state index is 11.0. The van der Waals surface area contributed by atoms with Crippen molar-refractivity contribution < 1.29 is 19.1 Å². The second kappa shape index (κ2) is 10.9. The predicted octanol–water partition coefficient (Wildman–Crippen LogP) is 2.10. The summed E-state index contributed by atoms with van der Waals surface area (Å²) in [4.78, 5) is 28.0. The van der Waals surface area contributed by atoms with E-state index in [1.54, 1.807) is 11.6 Å². The van der Waals surface area contributed by atoms with E-state index >= 15 is 0 Å². The van der Waals surface area contributed by atoms with E-state index in [1.807, 2.05) is 29.2 Å². The van der Waals surface area contributed by atoms with Crippen LogP contribution in [0.25, 0.3) is 0 Å². The molecule has 0 aliphatic rings. The van der Waals surface area contributed by atoms with Crippen LogP contribution >= 0.6 is 11.3 Å². The Bertz CT molecular complexity index is 787. The number of nitrogens with one attached hydrogen (secondary N) is 1. The number of nitrogen functional groups attached to an aromatic ring is 1. The zero-order valence-corrected chi connectivity index (χ0v) is 16.6. The third-order valence-corrected chi connectivity index (χ3v) is 4.25. The maximum absolute atomic E-state index is 11.0. The molecule has 0 fully saturated rings. The number of nitrogens with two attached hydrogens (primary N) is 1. The number of hydrazone groups is 1. The van der Waals surface area contributed by atoms with Crippen LogP contribution in [0.2, 0.25) is 0 Å². The number of ether oxygens (including phenoxy) is 2. The number of benzene rings is 1. The molecule has 2 rings (SSSR count). The highest BCUT2D eigenvalue weighted by molar-refractivity contribution is 7.14. The standard InChI is InChI=1S/C18H23N5O4S/c1-13(24)26-9-7-23(8-10-27-14(2)25)16-5-3-15(4-6-16)11-20-22-18-21-17(19)12-28-18/h3-6,11-12H,7-10,19H2,1-2H3,(H,21,22). The fourth-order valence-electron chi connectivity index (χ4n) is 2.24. The minimum Gasteiger partial charge on any atom is -0.464 e. The maximum Gasteiger partial charge on any atom is 0.302 e. The highest BCUT2D eigenvalue weighted by Crippen LogP contribution is 2.17. The molecule has 28 heavy (non-hydrogen) atoms. The summed E-state index contributed by atoms with van der Waals surface area (Å²) in [7, 11) is 0. The third-order valence-electron chi connectivity index (χ3n) is 3.49. The monoisotopic (exact) mass is 405 g/mol. The molecule has 0 aliphatic carbocycles. The van der Waals surface area contributed by atoms with Crippen LogP contribution in [0.1, 0.15) is 19.4 Å². The number of thiazole rings is 1. The molecule has 0 amide bonds. The van der Waals surface area contributed by atoms with Crippen LogP contribution in [0.5, 0.6) is 0 Å². The molecule has 10 heteroatoms. The highest BCUT2D eigenvalue weighted by Gasteiger charge is 2.08. The van der Waals surface area contributed by atoms with E-state index in [0.29, 0.717) is 24.0 Å². The predicted molar refractivity (Wildman–Crippen MR) is 110 cm³/mol. The van der Waals surface area contributed by atoms with Gasteiger partial charge in [0.2, 0.25) is 5.13 Å². The Morgan fingerprint density at radius 3 is 2.29 bits per heavy atom. The lowest BCUT2D eigenvalue weighted by atomic mass is 10.2. The van der Waals surface area contributed by atoms with Gasteiger partial charge < -0.3 is 20.1 Å². The Kier molecular flexibility index (Phi) is 8.22. The molecule has 3 N–H and O–H groups in total. The first-order valence-corrected chi connectivity index (χ1v) is 9.44. The molecule has 0 unspecified atom stereocenters. The fourth-order valence-corrected chi connectivity index (χ4v) is 2.79. The second-order valence-electron chi connectivity index (χ2n) is 5.71. The molecule has 0 radical (unpaired) electrons. The van der Waals surface area contributed by atoms with Gasteiger partial charge in [0, 0.05) is 24.9 Å². The summed E-state index contributed by atoms with van der Waals surface area (Å²) in [5.41, 5.74) is 10.2. The molecule has 1 aromatic carbocycles. The molecule has 0 saturated heterocycles. The van der Waals surface area contributed by atoms with Crippen LogP contribution in [0.4, 0.5) is 16.6 Å². The van der Waals surface area contributed by atoms with Crippen molar-refractivity contribution in [2.75, 3.05) is 42.4 Å². The van der Waals surface area contributed by atoms with E-state index in [-0.39, 0.29) is 25.2 Å². The molecule has 0 atom stereocenters. The molecule has 9 nitrogen and oxygen atoms in total. The van der Waals surface area contributed by atoms with Crippen molar-refractivity contribution in [1.82, 2.24) is 4.98 Å². The number of anilines is 3. The van der Waals surface area contributed by atoms with Crippen molar-refractivity contribution in [2.24, 2.45) is 5.10 Å². The number of carbonyl (C=O) groups excluding carboxylic acids is 2. The summed E-state index contributed by atoms with van der Waals surface area (Å²) in [5, 5.41) is 6.47. The van der Waals surface area contributed by atoms with Crippen molar-refractivity contribution in [3.8, 4) is 0 Å². The molecule has 0 bridgehead atoms. The van der Waals surface area contributed by atoms with E-state index < -0.39 is 0 Å². The summed E-state index contributed by atoms with van der Waals surface area (Å²) in [6, 6.07) is 7.65. The first-order chi connectivity index (χ1) is 13.4. The van der Waals surface area contributed by atoms with Gasteiger partial charge in [0.15, 0.2) is 0 Å². The van der Waals surface area contributed by atoms with Crippen LogP contribution in [-0.2, 0) is 19.1 Å². The number of hydrogen-bond donors (Lipinski definition) is 2. The summed E-state index contributed by atoms with van der Waals surface area (Å²) < 4.78 is 10.0. The van der Waals surface area contributed by atoms with Gasteiger partial charge in [0.05, 0.1) is 19.3 Å². The zero-order valence-electron chi connectivity index (χ0n) is 15.8. The Morgan fingerprint density at radius 1 is 1.18 bits per heavy atom. The molecule has 2 aromatic rings. The fraction of sp³-hybridized carbons (Fsp3) is 0.333. The lowest BCUT2D eigenvalue weighted by molar-refractivity contribution is -0.141. The van der Waals surface area contributed by atoms with Gasteiger partial charge in [0.1, 0.15) is 19.0 Å². The molecule has 1 heterocycles. The Hall–Kier alpha value is -3.14. The van der Waals surface area contributed by atoms with Gasteiger partial charge in [-0.3, -0.25) is 15.0 Å². The van der Waals surface area contributed by atoms with Crippen molar-refractivity contribution in [3.05, 3.63) is 35.2 Å². The van der Waals surface area contributed by atoms with Crippen molar-refractivity contribution >= 4 is 46.1 Å². The van der Waals surface area contributed by atoms with E-state index in [4.69, 9.17) is 15.2 Å². The Morgan fingerprint density at radius 2 is 1.79 bits per heavy atom. The highest BCUT2D eigenvalue weighted by atomic mass is 32.1. The molecule has 150 valence electrons. The molecule has 0 spiro atoms. The van der Waals surface area contributed by atoms with Crippen molar-refractivity contribution in [2.45, 2.75) is 13.8 Å². The van der Waals surface area contributed by atoms with Gasteiger partial charge >= 0.3 is 11.9 Å². The normalized spacial score (nSPS) is 10.6. The number of hydrogen-bond acceptors (Lipinski definition) is 10. The largest absolute Gasteiger partial charge is 0.464 e. The van der Waals surface area contributed by atoms with Gasteiger partial charge in [-0.15, -0.1) is 11.3 Å². The van der Waals surface area contributed by atoms with Crippen LogP contribution in [0, 0.1) is 0 Å². The van der Waals surface area contributed by atoms with Crippen LogP contribution in [-0.4, -0.2) is 49.4 Å². The zero-order chi connectivity index (χ0) is 20.4. The van der Waals surface area contributed by atoms with Gasteiger partial charge in [-0.1, -0.05) is 12.1 Å². The smallest absolute Gasteiger partial charge is 0.302 e. The van der Waals surface area contributed by atoms with Crippen molar-refractivity contribution in [3.63, 3.8) is 0 Å². The lowest BCUT2D eigenvalue weighted by Gasteiger charge is -2.24. The first kappa shape index (κ1) is 21.2. The number of esters is 2. The van der Waals surface area contributed by atoms with E-state index in [9.17, 15) is 9.59 Å². The van der Waals surface area contributed by atoms with Gasteiger partial charge in [-0.2, -0.15) is 5.10 Å². The molecule has 0 aliphatic heterocycles. The minimum atomic E-state index is -0.332. The third kappa shape index (κ3) is 7.62. The van der Waals surface area contributed by atoms with Crippen LogP contribution < -0.4 is 16.1 Å². The first-order valence-electron chi connectivity index (χ1n) is 8.56. The van der Waals surface area contributed by atoms with E-state index in [2.05, 4.69) is 15.5 Å². The average molecular weight is 405 g/mol. The summed E-state index contributed by atoms with van der Waals surface area (Å²) in [5.74, 6) is -0.211. The van der Waals surface area contributed by atoms with Gasteiger partial charge in [-0.25, -0.2) is 4.98 Å². The quantitative estimate of drug-likeness (QED) is 0.350. The summed E-state index contributed by atoms with van der Waals surface area (Å²) >= 11 is 1.37. The molecular formula is C18H23N5O4S. The minimum absolute atomic E-state index is 0.249. The summed E-state index contributed by atoms with van der Waals surface area (Å²) in [6.07, 6.45) is 1.67.